The monoisotopic (exact) mass is 276 g/mol. The van der Waals surface area contributed by atoms with Gasteiger partial charge in [-0.1, -0.05) is 18.2 Å². The number of hydrogen-bond donors (Lipinski definition) is 0. The van der Waals surface area contributed by atoms with E-state index in [0.717, 1.165) is 22.7 Å². The van der Waals surface area contributed by atoms with Gasteiger partial charge in [-0.3, -0.25) is 4.99 Å². The van der Waals surface area contributed by atoms with Crippen LogP contribution in [0.2, 0.25) is 0 Å². The fraction of sp³-hybridized carbons (Fsp3) is 0.111. The van der Waals surface area contributed by atoms with Crippen molar-refractivity contribution in [1.29, 1.82) is 5.26 Å². The second-order valence-electron chi connectivity index (χ2n) is 4.52. The number of hydrogen-bond acceptors (Lipinski definition) is 3. The summed E-state index contributed by atoms with van der Waals surface area (Å²) in [6.07, 6.45) is 3.93. The molecule has 3 nitrogen and oxygen atoms in total. The third kappa shape index (κ3) is 4.32. The Balaban J connectivity index is 2.08. The van der Waals surface area contributed by atoms with E-state index in [9.17, 15) is 0 Å². The van der Waals surface area contributed by atoms with E-state index in [4.69, 9.17) is 10.00 Å². The van der Waals surface area contributed by atoms with Crippen LogP contribution in [0.15, 0.2) is 59.6 Å². The van der Waals surface area contributed by atoms with Crippen LogP contribution in [0.5, 0.6) is 5.75 Å². The zero-order chi connectivity index (χ0) is 15.1. The summed E-state index contributed by atoms with van der Waals surface area (Å²) in [6.45, 7) is 1.95. The Labute approximate surface area is 124 Å². The number of methoxy groups -OCH3 is 1. The van der Waals surface area contributed by atoms with Gasteiger partial charge in [0.05, 0.1) is 24.4 Å². The fourth-order valence-electron chi connectivity index (χ4n) is 1.78. The lowest BCUT2D eigenvalue weighted by Gasteiger charge is -2.00. The summed E-state index contributed by atoms with van der Waals surface area (Å²) in [4.78, 5) is 4.51. The molecule has 0 N–H and O–H groups in total. The van der Waals surface area contributed by atoms with Gasteiger partial charge in [0.25, 0.3) is 0 Å². The molecule has 0 amide bonds. The fourth-order valence-corrected chi connectivity index (χ4v) is 1.78. The van der Waals surface area contributed by atoms with Crippen LogP contribution < -0.4 is 4.74 Å². The van der Waals surface area contributed by atoms with Crippen LogP contribution >= 0.6 is 0 Å². The summed E-state index contributed by atoms with van der Waals surface area (Å²) in [5.74, 6) is 0.819. The molecule has 0 radical (unpaired) electrons. The van der Waals surface area contributed by atoms with Gasteiger partial charge in [-0.15, -0.1) is 0 Å². The van der Waals surface area contributed by atoms with Gasteiger partial charge >= 0.3 is 0 Å². The molecule has 3 heteroatoms. The summed E-state index contributed by atoms with van der Waals surface area (Å²) >= 11 is 0. The van der Waals surface area contributed by atoms with Gasteiger partial charge in [0.1, 0.15) is 5.75 Å². The lowest BCUT2D eigenvalue weighted by Crippen LogP contribution is -1.84. The third-order valence-corrected chi connectivity index (χ3v) is 2.93. The highest BCUT2D eigenvalue weighted by molar-refractivity contribution is 5.97. The number of rotatable bonds is 4. The Morgan fingerprint density at radius 2 is 1.76 bits per heavy atom. The SMILES string of the molecule is COc1ccc(N=C(C)/C=C/c2ccc(C#N)cc2)cc1. The molecule has 0 bridgehead atoms. The molecule has 0 aliphatic heterocycles. The second kappa shape index (κ2) is 7.06. The van der Waals surface area contributed by atoms with Crippen molar-refractivity contribution in [3.63, 3.8) is 0 Å². The quantitative estimate of drug-likeness (QED) is 0.778. The molecule has 0 atom stereocenters. The minimum Gasteiger partial charge on any atom is -0.497 e. The first-order valence-electron chi connectivity index (χ1n) is 6.59. The number of aliphatic imine (C=N–C) groups is 1. The minimum absolute atomic E-state index is 0.663. The van der Waals surface area contributed by atoms with Crippen molar-refractivity contribution in [3.8, 4) is 11.8 Å². The van der Waals surface area contributed by atoms with Gasteiger partial charge in [-0.2, -0.15) is 5.26 Å². The van der Waals surface area contributed by atoms with Crippen molar-refractivity contribution in [2.24, 2.45) is 4.99 Å². The van der Waals surface area contributed by atoms with Crippen molar-refractivity contribution >= 4 is 17.5 Å². The average molecular weight is 276 g/mol. The van der Waals surface area contributed by atoms with Crippen molar-refractivity contribution in [2.45, 2.75) is 6.92 Å². The van der Waals surface area contributed by atoms with E-state index in [1.54, 1.807) is 19.2 Å². The molecule has 21 heavy (non-hydrogen) atoms. The maximum Gasteiger partial charge on any atom is 0.119 e. The summed E-state index contributed by atoms with van der Waals surface area (Å²) in [5.41, 5.74) is 3.50. The lowest BCUT2D eigenvalue weighted by atomic mass is 10.1. The number of nitriles is 1. The Kier molecular flexibility index (Phi) is 4.89. The van der Waals surface area contributed by atoms with Crippen LogP contribution in [0.25, 0.3) is 6.08 Å². The van der Waals surface area contributed by atoms with Gasteiger partial charge in [-0.25, -0.2) is 0 Å². The number of nitrogens with zero attached hydrogens (tertiary/aromatic N) is 2. The molecule has 0 spiro atoms. The molecule has 2 aromatic carbocycles. The topological polar surface area (TPSA) is 45.4 Å². The number of ether oxygens (including phenoxy) is 1. The highest BCUT2D eigenvalue weighted by Gasteiger charge is 1.93. The van der Waals surface area contributed by atoms with Crippen molar-refractivity contribution in [3.05, 3.63) is 65.7 Å². The second-order valence-corrected chi connectivity index (χ2v) is 4.52. The molecular weight excluding hydrogens is 260 g/mol. The Bertz CT molecular complexity index is 689. The Hall–Kier alpha value is -2.86. The van der Waals surface area contributed by atoms with E-state index in [-0.39, 0.29) is 0 Å². The Morgan fingerprint density at radius 1 is 1.10 bits per heavy atom. The van der Waals surface area contributed by atoms with Crippen LogP contribution in [0.4, 0.5) is 5.69 Å². The van der Waals surface area contributed by atoms with Crippen molar-refractivity contribution in [2.75, 3.05) is 7.11 Å². The zero-order valence-electron chi connectivity index (χ0n) is 12.1. The van der Waals surface area contributed by atoms with E-state index >= 15 is 0 Å². The zero-order valence-corrected chi connectivity index (χ0v) is 12.1. The van der Waals surface area contributed by atoms with Crippen LogP contribution in [-0.2, 0) is 0 Å². The Morgan fingerprint density at radius 3 is 2.33 bits per heavy atom. The van der Waals surface area contributed by atoms with E-state index in [1.807, 2.05) is 55.5 Å². The smallest absolute Gasteiger partial charge is 0.119 e. The highest BCUT2D eigenvalue weighted by atomic mass is 16.5. The lowest BCUT2D eigenvalue weighted by molar-refractivity contribution is 0.415. The molecule has 0 heterocycles. The molecule has 0 fully saturated rings. The molecule has 0 aromatic heterocycles. The predicted molar refractivity (Wildman–Crippen MR) is 86.0 cm³/mol. The molecule has 0 unspecified atom stereocenters. The van der Waals surface area contributed by atoms with E-state index in [0.29, 0.717) is 5.56 Å². The first-order chi connectivity index (χ1) is 10.2. The predicted octanol–water partition coefficient (Wildman–Crippen LogP) is 4.37. The standard InChI is InChI=1S/C18H16N2O/c1-14(20-17-9-11-18(21-2)12-10-17)3-4-15-5-7-16(13-19)8-6-15/h3-12H,1-2H3/b4-3+,20-14?. The van der Waals surface area contributed by atoms with Crippen molar-refractivity contribution < 1.29 is 4.74 Å². The minimum atomic E-state index is 0.663. The van der Waals surface area contributed by atoms with Gasteiger partial charge in [0, 0.05) is 5.71 Å². The first-order valence-corrected chi connectivity index (χ1v) is 6.59. The highest BCUT2D eigenvalue weighted by Crippen LogP contribution is 2.18. The maximum atomic E-state index is 8.75. The molecule has 2 rings (SSSR count). The average Bonchev–Trinajstić information content (AvgIpc) is 2.54. The molecule has 0 aliphatic rings. The van der Waals surface area contributed by atoms with E-state index < -0.39 is 0 Å². The van der Waals surface area contributed by atoms with Gasteiger partial charge in [0.2, 0.25) is 0 Å². The van der Waals surface area contributed by atoms with Crippen LogP contribution in [0.3, 0.4) is 0 Å². The molecule has 2 aromatic rings. The molecule has 0 aliphatic carbocycles. The number of allylic oxidation sites excluding steroid dienone is 1. The first kappa shape index (κ1) is 14.5. The summed E-state index contributed by atoms with van der Waals surface area (Å²) in [5, 5.41) is 8.75. The van der Waals surface area contributed by atoms with E-state index in [1.165, 1.54) is 0 Å². The summed E-state index contributed by atoms with van der Waals surface area (Å²) in [7, 11) is 1.64. The molecular formula is C18H16N2O. The largest absolute Gasteiger partial charge is 0.497 e. The third-order valence-electron chi connectivity index (χ3n) is 2.93. The molecule has 104 valence electrons. The van der Waals surface area contributed by atoms with Gasteiger partial charge in [0.15, 0.2) is 0 Å². The van der Waals surface area contributed by atoms with Crippen LogP contribution in [0.1, 0.15) is 18.1 Å². The maximum absolute atomic E-state index is 8.75. The summed E-state index contributed by atoms with van der Waals surface area (Å²) < 4.78 is 5.11. The van der Waals surface area contributed by atoms with E-state index in [2.05, 4.69) is 11.1 Å². The van der Waals surface area contributed by atoms with Gasteiger partial charge in [-0.05, 0) is 55.0 Å². The van der Waals surface area contributed by atoms with Crippen LogP contribution in [-0.4, -0.2) is 12.8 Å². The number of benzene rings is 2. The molecule has 0 saturated heterocycles. The van der Waals surface area contributed by atoms with Crippen molar-refractivity contribution in [1.82, 2.24) is 0 Å². The summed E-state index contributed by atoms with van der Waals surface area (Å²) in [6, 6.07) is 17.1. The molecule has 0 saturated carbocycles. The normalized spacial score (nSPS) is 11.4. The van der Waals surface area contributed by atoms with Gasteiger partial charge < -0.3 is 4.74 Å². The van der Waals surface area contributed by atoms with Crippen LogP contribution in [0, 0.1) is 11.3 Å².